The van der Waals surface area contributed by atoms with E-state index in [9.17, 15) is 4.79 Å². The molecule has 22 heavy (non-hydrogen) atoms. The average Bonchev–Trinajstić information content (AvgIpc) is 3.19. The molecule has 2 aromatic rings. The highest BCUT2D eigenvalue weighted by molar-refractivity contribution is 5.78. The zero-order valence-electron chi connectivity index (χ0n) is 12.7. The monoisotopic (exact) mass is 300 g/mol. The van der Waals surface area contributed by atoms with Gasteiger partial charge in [0, 0.05) is 32.0 Å². The molecular weight excluding hydrogens is 280 g/mol. The maximum atomic E-state index is 11.6. The lowest BCUT2D eigenvalue weighted by atomic mass is 10.1. The highest BCUT2D eigenvalue weighted by atomic mass is 16.2. The van der Waals surface area contributed by atoms with Crippen LogP contribution in [0.15, 0.2) is 12.4 Å². The number of nitrogens with zero attached hydrogens (tertiary/aromatic N) is 5. The fourth-order valence-electron chi connectivity index (χ4n) is 3.13. The smallest absolute Gasteiger partial charge is 0.222 e. The van der Waals surface area contributed by atoms with Crippen LogP contribution in [0.25, 0.3) is 5.65 Å². The Hall–Kier alpha value is -2.18. The molecule has 116 valence electrons. The number of likely N-dealkylation sites (tertiary alicyclic amines) is 1. The molecule has 4 rings (SSSR count). The maximum Gasteiger partial charge on any atom is 0.222 e. The van der Waals surface area contributed by atoms with Crippen molar-refractivity contribution >= 4 is 17.2 Å². The van der Waals surface area contributed by atoms with E-state index >= 15 is 0 Å². The Morgan fingerprint density at radius 1 is 1.36 bits per heavy atom. The Labute approximate surface area is 128 Å². The van der Waals surface area contributed by atoms with E-state index in [0.29, 0.717) is 18.4 Å². The van der Waals surface area contributed by atoms with Crippen molar-refractivity contribution in [2.24, 2.45) is 0 Å². The van der Waals surface area contributed by atoms with Gasteiger partial charge in [0.1, 0.15) is 6.33 Å². The molecule has 0 aromatic carbocycles. The molecule has 2 aliphatic rings. The largest absolute Gasteiger partial charge is 0.382 e. The van der Waals surface area contributed by atoms with Gasteiger partial charge in [-0.15, -0.1) is 10.2 Å². The van der Waals surface area contributed by atoms with E-state index in [1.807, 2.05) is 11.9 Å². The van der Waals surface area contributed by atoms with Crippen LogP contribution >= 0.6 is 0 Å². The second-order valence-electron chi connectivity index (χ2n) is 6.27. The van der Waals surface area contributed by atoms with Crippen molar-refractivity contribution in [3.05, 3.63) is 18.1 Å². The van der Waals surface area contributed by atoms with Gasteiger partial charge >= 0.3 is 0 Å². The number of aromatic nitrogens is 4. The van der Waals surface area contributed by atoms with Crippen LogP contribution in [0, 0.1) is 0 Å². The summed E-state index contributed by atoms with van der Waals surface area (Å²) in [5, 5.41) is 16.1. The second kappa shape index (κ2) is 5.23. The minimum atomic E-state index is 0.254. The van der Waals surface area contributed by atoms with Crippen molar-refractivity contribution in [3.8, 4) is 0 Å². The molecule has 1 N–H and O–H groups in total. The number of amides is 1. The molecule has 2 aromatic heterocycles. The summed E-state index contributed by atoms with van der Waals surface area (Å²) in [6, 6.07) is 2.45. The molecule has 7 nitrogen and oxygen atoms in total. The van der Waals surface area contributed by atoms with Gasteiger partial charge in [0.15, 0.2) is 0 Å². The van der Waals surface area contributed by atoms with Crippen LogP contribution in [-0.4, -0.2) is 50.3 Å². The summed E-state index contributed by atoms with van der Waals surface area (Å²) in [6.07, 6.45) is 6.67. The molecule has 7 heteroatoms. The minimum absolute atomic E-state index is 0.254. The average molecular weight is 300 g/mol. The first kappa shape index (κ1) is 13.5. The number of nitrogens with one attached hydrogen (secondary N) is 1. The van der Waals surface area contributed by atoms with Crippen molar-refractivity contribution < 1.29 is 4.79 Å². The number of rotatable bonds is 5. The standard InChI is InChI=1S/C15H20N6O/c1-20-11(4-5-14(20)22)6-7-16-13-8-12(10-2-3-10)19-21-9-17-18-15(13)21/h8-11,16H,2-7H2,1H3. The number of carbonyl (C=O) groups excluding carboxylic acids is 1. The molecule has 1 atom stereocenters. The number of carbonyl (C=O) groups is 1. The van der Waals surface area contributed by atoms with Gasteiger partial charge < -0.3 is 10.2 Å². The molecule has 3 heterocycles. The molecule has 1 unspecified atom stereocenters. The van der Waals surface area contributed by atoms with Crippen LogP contribution in [0.1, 0.15) is 43.7 Å². The van der Waals surface area contributed by atoms with Crippen molar-refractivity contribution in [3.63, 3.8) is 0 Å². The molecule has 1 amide bonds. The third-order valence-corrected chi connectivity index (χ3v) is 4.71. The van der Waals surface area contributed by atoms with Crippen LogP contribution in [0.5, 0.6) is 0 Å². The molecule has 0 bridgehead atoms. The molecule has 1 aliphatic carbocycles. The lowest BCUT2D eigenvalue weighted by Gasteiger charge is -2.20. The van der Waals surface area contributed by atoms with E-state index in [1.165, 1.54) is 12.8 Å². The van der Waals surface area contributed by atoms with Gasteiger partial charge in [0.05, 0.1) is 11.4 Å². The van der Waals surface area contributed by atoms with Gasteiger partial charge in [-0.05, 0) is 31.7 Å². The SMILES string of the molecule is CN1C(=O)CCC1CCNc1cc(C2CC2)nn2cnnc12. The summed E-state index contributed by atoms with van der Waals surface area (Å²) < 4.78 is 1.75. The van der Waals surface area contributed by atoms with Crippen LogP contribution in [0.4, 0.5) is 5.69 Å². The Kier molecular flexibility index (Phi) is 3.20. The van der Waals surface area contributed by atoms with Gasteiger partial charge in [-0.25, -0.2) is 0 Å². The summed E-state index contributed by atoms with van der Waals surface area (Å²) in [7, 11) is 1.90. The first-order valence-electron chi connectivity index (χ1n) is 7.93. The third-order valence-electron chi connectivity index (χ3n) is 4.71. The number of hydrogen-bond acceptors (Lipinski definition) is 5. The van der Waals surface area contributed by atoms with E-state index in [2.05, 4.69) is 26.7 Å². The molecule has 0 radical (unpaired) electrons. The molecule has 1 saturated carbocycles. The predicted octanol–water partition coefficient (Wildman–Crippen LogP) is 1.42. The normalized spacial score (nSPS) is 21.8. The van der Waals surface area contributed by atoms with Crippen LogP contribution in [0.3, 0.4) is 0 Å². The molecule has 0 spiro atoms. The van der Waals surface area contributed by atoms with E-state index in [4.69, 9.17) is 0 Å². The van der Waals surface area contributed by atoms with Crippen LogP contribution in [-0.2, 0) is 4.79 Å². The Balaban J connectivity index is 1.47. The van der Waals surface area contributed by atoms with E-state index < -0.39 is 0 Å². The summed E-state index contributed by atoms with van der Waals surface area (Å²) in [5.74, 6) is 0.843. The van der Waals surface area contributed by atoms with E-state index in [-0.39, 0.29) is 5.91 Å². The molecule has 2 fully saturated rings. The van der Waals surface area contributed by atoms with Crippen LogP contribution in [0.2, 0.25) is 0 Å². The third kappa shape index (κ3) is 2.40. The zero-order chi connectivity index (χ0) is 15.1. The summed E-state index contributed by atoms with van der Waals surface area (Å²) in [4.78, 5) is 13.4. The Bertz CT molecular complexity index is 707. The summed E-state index contributed by atoms with van der Waals surface area (Å²) in [5.41, 5.74) is 2.87. The number of anilines is 1. The van der Waals surface area contributed by atoms with Gasteiger partial charge in [0.2, 0.25) is 11.6 Å². The second-order valence-corrected chi connectivity index (χ2v) is 6.27. The van der Waals surface area contributed by atoms with Crippen LogP contribution < -0.4 is 5.32 Å². The maximum absolute atomic E-state index is 11.6. The lowest BCUT2D eigenvalue weighted by Crippen LogP contribution is -2.30. The van der Waals surface area contributed by atoms with Crippen molar-refractivity contribution in [1.29, 1.82) is 0 Å². The van der Waals surface area contributed by atoms with Gasteiger partial charge in [-0.3, -0.25) is 4.79 Å². The molecule has 1 saturated heterocycles. The quantitative estimate of drug-likeness (QED) is 0.904. The molecular formula is C15H20N6O. The summed E-state index contributed by atoms with van der Waals surface area (Å²) in [6.45, 7) is 0.818. The van der Waals surface area contributed by atoms with Crippen molar-refractivity contribution in [2.45, 2.75) is 44.1 Å². The van der Waals surface area contributed by atoms with E-state index in [1.54, 1.807) is 10.8 Å². The Morgan fingerprint density at radius 2 is 2.23 bits per heavy atom. The number of fused-ring (bicyclic) bond motifs is 1. The van der Waals surface area contributed by atoms with E-state index in [0.717, 1.165) is 36.4 Å². The fraction of sp³-hybridized carbons (Fsp3) is 0.600. The van der Waals surface area contributed by atoms with Crippen molar-refractivity contribution in [1.82, 2.24) is 24.7 Å². The van der Waals surface area contributed by atoms with Crippen molar-refractivity contribution in [2.75, 3.05) is 18.9 Å². The predicted molar refractivity (Wildman–Crippen MR) is 81.7 cm³/mol. The zero-order valence-corrected chi connectivity index (χ0v) is 12.7. The Morgan fingerprint density at radius 3 is 2.95 bits per heavy atom. The first-order valence-corrected chi connectivity index (χ1v) is 7.93. The topological polar surface area (TPSA) is 75.4 Å². The van der Waals surface area contributed by atoms with Gasteiger partial charge in [-0.1, -0.05) is 0 Å². The lowest BCUT2D eigenvalue weighted by molar-refractivity contribution is -0.127. The first-order chi connectivity index (χ1) is 10.7. The van der Waals surface area contributed by atoms with Gasteiger partial charge in [0.25, 0.3) is 0 Å². The fourth-order valence-corrected chi connectivity index (χ4v) is 3.13. The highest BCUT2D eigenvalue weighted by Gasteiger charge is 2.28. The highest BCUT2D eigenvalue weighted by Crippen LogP contribution is 2.39. The summed E-state index contributed by atoms with van der Waals surface area (Å²) >= 11 is 0. The van der Waals surface area contributed by atoms with Gasteiger partial charge in [-0.2, -0.15) is 9.61 Å². The molecule has 1 aliphatic heterocycles. The minimum Gasteiger partial charge on any atom is -0.382 e. The number of hydrogen-bond donors (Lipinski definition) is 1.